The van der Waals surface area contributed by atoms with E-state index in [-0.39, 0.29) is 42.6 Å². The van der Waals surface area contributed by atoms with Crippen molar-refractivity contribution in [1.82, 2.24) is 20.1 Å². The van der Waals surface area contributed by atoms with E-state index in [2.05, 4.69) is 20.9 Å². The van der Waals surface area contributed by atoms with Crippen molar-refractivity contribution in [3.63, 3.8) is 0 Å². The maximum Gasteiger partial charge on any atom is 0.244 e. The molecule has 3 heterocycles. The molecule has 3 aliphatic rings. The summed E-state index contributed by atoms with van der Waals surface area (Å²) in [5, 5.41) is 9.05. The first-order chi connectivity index (χ1) is 20.3. The first kappa shape index (κ1) is 27.6. The number of carbonyl (C=O) groups excluding carboxylic acids is 4. The van der Waals surface area contributed by atoms with Gasteiger partial charge in [-0.3, -0.25) is 19.2 Å². The molecule has 216 valence electrons. The lowest BCUT2D eigenvalue weighted by molar-refractivity contribution is -0.149. The predicted octanol–water partition coefficient (Wildman–Crippen LogP) is 2.24. The molecule has 10 nitrogen and oxygen atoms in total. The van der Waals surface area contributed by atoms with Gasteiger partial charge in [-0.1, -0.05) is 36.4 Å². The van der Waals surface area contributed by atoms with Crippen LogP contribution in [-0.2, 0) is 50.5 Å². The molecule has 1 atom stereocenters. The largest absolute Gasteiger partial charge is 0.341 e. The summed E-state index contributed by atoms with van der Waals surface area (Å²) in [6.45, 7) is 3.03. The van der Waals surface area contributed by atoms with Gasteiger partial charge in [-0.05, 0) is 60.3 Å². The second kappa shape index (κ2) is 11.0. The van der Waals surface area contributed by atoms with Gasteiger partial charge in [0.2, 0.25) is 23.6 Å². The third kappa shape index (κ3) is 5.02. The van der Waals surface area contributed by atoms with Crippen LogP contribution < -0.4 is 16.0 Å². The number of pyridine rings is 1. The molecule has 0 saturated carbocycles. The predicted molar refractivity (Wildman–Crippen MR) is 157 cm³/mol. The molecule has 6 rings (SSSR count). The third-order valence-electron chi connectivity index (χ3n) is 8.63. The van der Waals surface area contributed by atoms with Gasteiger partial charge >= 0.3 is 0 Å². The fraction of sp³-hybridized carbons (Fsp3) is 0.344. The van der Waals surface area contributed by atoms with E-state index < -0.39 is 5.41 Å². The molecule has 1 spiro atoms. The van der Waals surface area contributed by atoms with Crippen molar-refractivity contribution in [3.05, 3.63) is 88.6 Å². The van der Waals surface area contributed by atoms with Crippen molar-refractivity contribution in [1.29, 1.82) is 0 Å². The number of hydrogen-bond acceptors (Lipinski definition) is 6. The number of likely N-dealkylation sites (tertiary alicyclic amines) is 1. The molecule has 1 aliphatic carbocycles. The van der Waals surface area contributed by atoms with Crippen LogP contribution >= 0.6 is 0 Å². The van der Waals surface area contributed by atoms with Gasteiger partial charge in [0.05, 0.1) is 11.3 Å². The lowest BCUT2D eigenvalue weighted by Gasteiger charge is -2.40. The molecule has 3 aromatic rings. The summed E-state index contributed by atoms with van der Waals surface area (Å²) in [6.07, 6.45) is 2.78. The number of fused-ring (bicyclic) bond motifs is 3. The number of rotatable bonds is 8. The van der Waals surface area contributed by atoms with Crippen molar-refractivity contribution in [2.24, 2.45) is 5.92 Å². The SMILES string of the molecule is CNCc1ccccc1CN(CC(=O)Nc1ccc2c(c1)CC1(C2)C(=O)Nc2ncccc21)C(=O)C1CN(C(C)=O)C1. The second-order valence-electron chi connectivity index (χ2n) is 11.4. The molecule has 1 unspecified atom stereocenters. The highest BCUT2D eigenvalue weighted by Gasteiger charge is 2.51. The Hall–Kier alpha value is -4.57. The van der Waals surface area contributed by atoms with E-state index in [0.717, 1.165) is 27.8 Å². The monoisotopic (exact) mass is 566 g/mol. The molecule has 1 aromatic heterocycles. The molecule has 0 radical (unpaired) electrons. The van der Waals surface area contributed by atoms with Crippen LogP contribution in [0.4, 0.5) is 11.5 Å². The Balaban J connectivity index is 1.18. The molecule has 4 amide bonds. The molecule has 1 saturated heterocycles. The minimum Gasteiger partial charge on any atom is -0.341 e. The Morgan fingerprint density at radius 1 is 1.05 bits per heavy atom. The maximum atomic E-state index is 13.5. The summed E-state index contributed by atoms with van der Waals surface area (Å²) in [7, 11) is 1.87. The van der Waals surface area contributed by atoms with E-state index in [1.807, 2.05) is 61.6 Å². The van der Waals surface area contributed by atoms with Crippen LogP contribution in [0.15, 0.2) is 60.8 Å². The second-order valence-corrected chi connectivity index (χ2v) is 11.4. The number of nitrogens with one attached hydrogen (secondary N) is 3. The Kier molecular flexibility index (Phi) is 7.24. The van der Waals surface area contributed by atoms with Gasteiger partial charge in [-0.25, -0.2) is 4.98 Å². The quantitative estimate of drug-likeness (QED) is 0.384. The van der Waals surface area contributed by atoms with Gasteiger partial charge in [-0.2, -0.15) is 0 Å². The summed E-state index contributed by atoms with van der Waals surface area (Å²) in [5.74, 6) is -0.275. The first-order valence-corrected chi connectivity index (χ1v) is 14.2. The molecule has 3 N–H and O–H groups in total. The summed E-state index contributed by atoms with van der Waals surface area (Å²) in [5.41, 5.74) is 4.93. The lowest BCUT2D eigenvalue weighted by atomic mass is 9.79. The summed E-state index contributed by atoms with van der Waals surface area (Å²) < 4.78 is 0. The highest BCUT2D eigenvalue weighted by Crippen LogP contribution is 2.46. The number of carbonyl (C=O) groups is 4. The summed E-state index contributed by atoms with van der Waals surface area (Å²) in [4.78, 5) is 59.2. The van der Waals surface area contributed by atoms with Gasteiger partial charge in [-0.15, -0.1) is 0 Å². The number of aromatic nitrogens is 1. The molecular weight excluding hydrogens is 532 g/mol. The molecule has 2 aromatic carbocycles. The van der Waals surface area contributed by atoms with Gasteiger partial charge in [0, 0.05) is 50.6 Å². The highest BCUT2D eigenvalue weighted by atomic mass is 16.2. The van der Waals surface area contributed by atoms with E-state index in [0.29, 0.717) is 44.0 Å². The highest BCUT2D eigenvalue weighted by molar-refractivity contribution is 6.06. The molecule has 42 heavy (non-hydrogen) atoms. The van der Waals surface area contributed by atoms with Crippen LogP contribution in [0.5, 0.6) is 0 Å². The van der Waals surface area contributed by atoms with Gasteiger partial charge in [0.25, 0.3) is 0 Å². The summed E-state index contributed by atoms with van der Waals surface area (Å²) in [6, 6.07) is 17.4. The number of anilines is 2. The Labute approximate surface area is 244 Å². The number of hydrogen-bond donors (Lipinski definition) is 3. The first-order valence-electron chi connectivity index (χ1n) is 14.2. The minimum atomic E-state index is -0.685. The topological polar surface area (TPSA) is 124 Å². The zero-order valence-electron chi connectivity index (χ0n) is 23.8. The smallest absolute Gasteiger partial charge is 0.244 e. The maximum absolute atomic E-state index is 13.5. The van der Waals surface area contributed by atoms with Crippen LogP contribution in [0.25, 0.3) is 0 Å². The van der Waals surface area contributed by atoms with Crippen molar-refractivity contribution < 1.29 is 19.2 Å². The van der Waals surface area contributed by atoms with Crippen LogP contribution in [0.3, 0.4) is 0 Å². The zero-order valence-corrected chi connectivity index (χ0v) is 23.8. The van der Waals surface area contributed by atoms with E-state index >= 15 is 0 Å². The van der Waals surface area contributed by atoms with Crippen molar-refractivity contribution in [2.75, 3.05) is 37.3 Å². The number of benzene rings is 2. The number of amides is 4. The average Bonchev–Trinajstić information content (AvgIpc) is 3.45. The standard InChI is InChI=1S/C32H34N6O4/c1-20(39)37-17-25(18-37)30(41)38(16-23-7-4-3-6-22(23)15-33-2)19-28(40)35-26-10-9-21-13-32(14-24(21)12-26)27-8-5-11-34-29(27)36-31(32)42/h3-12,25,33H,13-19H2,1-2H3,(H,35,40)(H,34,36,42). The molecule has 10 heteroatoms. The third-order valence-corrected chi connectivity index (χ3v) is 8.63. The van der Waals surface area contributed by atoms with Crippen LogP contribution in [-0.4, -0.2) is 65.1 Å². The summed E-state index contributed by atoms with van der Waals surface area (Å²) >= 11 is 0. The van der Waals surface area contributed by atoms with E-state index in [9.17, 15) is 19.2 Å². The van der Waals surface area contributed by atoms with Gasteiger partial charge in [0.15, 0.2) is 0 Å². The molecular formula is C32H34N6O4. The van der Waals surface area contributed by atoms with Crippen molar-refractivity contribution >= 4 is 35.1 Å². The van der Waals surface area contributed by atoms with Gasteiger partial charge in [0.1, 0.15) is 12.4 Å². The Morgan fingerprint density at radius 2 is 1.81 bits per heavy atom. The van der Waals surface area contributed by atoms with Crippen LogP contribution in [0.1, 0.15) is 34.7 Å². The minimum absolute atomic E-state index is 0.0509. The van der Waals surface area contributed by atoms with E-state index in [1.54, 1.807) is 16.0 Å². The lowest BCUT2D eigenvalue weighted by Crippen LogP contribution is -2.56. The fourth-order valence-electron chi connectivity index (χ4n) is 6.36. The fourth-order valence-corrected chi connectivity index (χ4v) is 6.36. The Bertz CT molecular complexity index is 1580. The van der Waals surface area contributed by atoms with E-state index in [1.165, 1.54) is 6.92 Å². The molecule has 0 bridgehead atoms. The zero-order chi connectivity index (χ0) is 29.4. The average molecular weight is 567 g/mol. The molecule has 2 aliphatic heterocycles. The normalized spacial score (nSPS) is 18.7. The van der Waals surface area contributed by atoms with Gasteiger partial charge < -0.3 is 25.8 Å². The Morgan fingerprint density at radius 3 is 2.57 bits per heavy atom. The van der Waals surface area contributed by atoms with Crippen molar-refractivity contribution in [3.8, 4) is 0 Å². The number of nitrogens with zero attached hydrogens (tertiary/aromatic N) is 3. The van der Waals surface area contributed by atoms with Crippen LogP contribution in [0.2, 0.25) is 0 Å². The van der Waals surface area contributed by atoms with Crippen molar-refractivity contribution in [2.45, 2.75) is 38.3 Å². The molecule has 1 fully saturated rings. The van der Waals surface area contributed by atoms with E-state index in [4.69, 9.17) is 0 Å². The van der Waals surface area contributed by atoms with Crippen LogP contribution in [0, 0.1) is 5.92 Å².